The lowest BCUT2D eigenvalue weighted by Crippen LogP contribution is -2.31. The molecule has 0 radical (unpaired) electrons. The smallest absolute Gasteiger partial charge is 0.190 e. The van der Waals surface area contributed by atoms with E-state index in [1.54, 1.807) is 6.92 Å². The Morgan fingerprint density at radius 3 is 2.35 bits per heavy atom. The number of hydrogen-bond acceptors (Lipinski definition) is 3. The van der Waals surface area contributed by atoms with Gasteiger partial charge in [-0.15, -0.1) is 0 Å². The maximum absolute atomic E-state index is 13.4. The molecule has 0 amide bonds. The predicted molar refractivity (Wildman–Crippen MR) is 58.2 cm³/mol. The normalized spacial score (nSPS) is 14.2. The van der Waals surface area contributed by atoms with E-state index >= 15 is 0 Å². The molecule has 0 aliphatic carbocycles. The van der Waals surface area contributed by atoms with Crippen molar-refractivity contribution in [3.8, 4) is 5.75 Å². The van der Waals surface area contributed by atoms with Gasteiger partial charge in [0.25, 0.3) is 0 Å². The van der Waals surface area contributed by atoms with E-state index in [0.717, 1.165) is 12.1 Å². The largest absolute Gasteiger partial charge is 0.485 e. The molecule has 3 nitrogen and oxygen atoms in total. The SMILES string of the molecule is CCC(C)(O)COc1c(F)cc(C=O)cc1F. The lowest BCUT2D eigenvalue weighted by Gasteiger charge is -2.21. The maximum atomic E-state index is 13.4. The molecule has 1 rings (SSSR count). The van der Waals surface area contributed by atoms with Gasteiger partial charge < -0.3 is 9.84 Å². The molecule has 0 aliphatic rings. The Kier molecular flexibility index (Phi) is 4.17. The number of aliphatic hydroxyl groups is 1. The van der Waals surface area contributed by atoms with Gasteiger partial charge in [-0.05, 0) is 25.5 Å². The highest BCUT2D eigenvalue weighted by Crippen LogP contribution is 2.24. The van der Waals surface area contributed by atoms with Crippen LogP contribution < -0.4 is 4.74 Å². The second kappa shape index (κ2) is 5.23. The number of carbonyl (C=O) groups is 1. The molecule has 1 aromatic carbocycles. The Morgan fingerprint density at radius 1 is 1.41 bits per heavy atom. The Bertz CT molecular complexity index is 393. The van der Waals surface area contributed by atoms with Crippen LogP contribution in [0.4, 0.5) is 8.78 Å². The van der Waals surface area contributed by atoms with Crippen molar-refractivity contribution in [1.82, 2.24) is 0 Å². The van der Waals surface area contributed by atoms with Gasteiger partial charge in [-0.25, -0.2) is 8.78 Å². The fraction of sp³-hybridized carbons (Fsp3) is 0.417. The van der Waals surface area contributed by atoms with Gasteiger partial charge in [0.05, 0.1) is 5.60 Å². The number of hydrogen-bond donors (Lipinski definition) is 1. The van der Waals surface area contributed by atoms with Crippen LogP contribution in [-0.2, 0) is 0 Å². The van der Waals surface area contributed by atoms with Gasteiger partial charge in [0.1, 0.15) is 12.9 Å². The van der Waals surface area contributed by atoms with Crippen LogP contribution in [0.25, 0.3) is 0 Å². The van der Waals surface area contributed by atoms with Crippen molar-refractivity contribution in [2.75, 3.05) is 6.61 Å². The predicted octanol–water partition coefficient (Wildman–Crippen LogP) is 2.32. The van der Waals surface area contributed by atoms with Crippen LogP contribution in [0.3, 0.4) is 0 Å². The zero-order valence-corrected chi connectivity index (χ0v) is 9.67. The van der Waals surface area contributed by atoms with Gasteiger partial charge >= 0.3 is 0 Å². The Morgan fingerprint density at radius 2 is 1.94 bits per heavy atom. The van der Waals surface area contributed by atoms with Crippen molar-refractivity contribution in [3.63, 3.8) is 0 Å². The summed E-state index contributed by atoms with van der Waals surface area (Å²) in [5, 5.41) is 9.64. The second-order valence-electron chi connectivity index (χ2n) is 4.07. The average Bonchev–Trinajstić information content (AvgIpc) is 2.27. The van der Waals surface area contributed by atoms with Crippen LogP contribution in [-0.4, -0.2) is 23.6 Å². The van der Waals surface area contributed by atoms with Gasteiger partial charge in [0.15, 0.2) is 17.4 Å². The van der Waals surface area contributed by atoms with E-state index in [4.69, 9.17) is 4.74 Å². The first-order chi connectivity index (χ1) is 7.89. The minimum Gasteiger partial charge on any atom is -0.485 e. The molecule has 1 aromatic rings. The summed E-state index contributed by atoms with van der Waals surface area (Å²) in [6.45, 7) is 3.01. The summed E-state index contributed by atoms with van der Waals surface area (Å²) in [5.74, 6) is -2.50. The molecule has 0 aromatic heterocycles. The molecule has 5 heteroatoms. The molecule has 94 valence electrons. The molecule has 0 heterocycles. The van der Waals surface area contributed by atoms with Crippen LogP contribution in [0, 0.1) is 11.6 Å². The summed E-state index contributed by atoms with van der Waals surface area (Å²) >= 11 is 0. The van der Waals surface area contributed by atoms with Crippen LogP contribution in [0.1, 0.15) is 30.6 Å². The number of carbonyl (C=O) groups excluding carboxylic acids is 1. The summed E-state index contributed by atoms with van der Waals surface area (Å²) in [4.78, 5) is 10.4. The lowest BCUT2D eigenvalue weighted by molar-refractivity contribution is 0.00610. The summed E-state index contributed by atoms with van der Waals surface area (Å²) in [7, 11) is 0. The van der Waals surface area contributed by atoms with E-state index in [1.165, 1.54) is 6.92 Å². The molecule has 0 aliphatic heterocycles. The standard InChI is InChI=1S/C12H14F2O3/c1-3-12(2,16)7-17-11-9(13)4-8(6-15)5-10(11)14/h4-6,16H,3,7H2,1-2H3. The van der Waals surface area contributed by atoms with Crippen molar-refractivity contribution in [2.45, 2.75) is 25.9 Å². The number of ether oxygens (including phenoxy) is 1. The van der Waals surface area contributed by atoms with Crippen LogP contribution >= 0.6 is 0 Å². The zero-order chi connectivity index (χ0) is 13.1. The first-order valence-electron chi connectivity index (χ1n) is 5.19. The topological polar surface area (TPSA) is 46.5 Å². The minimum atomic E-state index is -1.15. The summed E-state index contributed by atoms with van der Waals surface area (Å²) < 4.78 is 31.6. The highest BCUT2D eigenvalue weighted by atomic mass is 19.1. The maximum Gasteiger partial charge on any atom is 0.190 e. The van der Waals surface area contributed by atoms with E-state index < -0.39 is 23.0 Å². The van der Waals surface area contributed by atoms with Crippen LogP contribution in [0.5, 0.6) is 5.75 Å². The third kappa shape index (κ3) is 3.49. The first kappa shape index (κ1) is 13.6. The molecular formula is C12H14F2O3. The molecule has 1 unspecified atom stereocenters. The van der Waals surface area contributed by atoms with Gasteiger partial charge in [0, 0.05) is 5.56 Å². The van der Waals surface area contributed by atoms with Crippen LogP contribution in [0.15, 0.2) is 12.1 Å². The van der Waals surface area contributed by atoms with Gasteiger partial charge in [-0.1, -0.05) is 6.92 Å². The van der Waals surface area contributed by atoms with Crippen molar-refractivity contribution in [3.05, 3.63) is 29.3 Å². The minimum absolute atomic E-state index is 0.102. The lowest BCUT2D eigenvalue weighted by atomic mass is 10.1. The average molecular weight is 244 g/mol. The Hall–Kier alpha value is -1.49. The van der Waals surface area contributed by atoms with Crippen molar-refractivity contribution in [2.24, 2.45) is 0 Å². The van der Waals surface area contributed by atoms with E-state index in [1.807, 2.05) is 0 Å². The van der Waals surface area contributed by atoms with Crippen molar-refractivity contribution < 1.29 is 23.4 Å². The third-order valence-electron chi connectivity index (χ3n) is 2.45. The third-order valence-corrected chi connectivity index (χ3v) is 2.45. The van der Waals surface area contributed by atoms with E-state index in [9.17, 15) is 18.7 Å². The molecule has 0 saturated carbocycles. The van der Waals surface area contributed by atoms with Gasteiger partial charge in [0.2, 0.25) is 0 Å². The fourth-order valence-electron chi connectivity index (χ4n) is 1.12. The summed E-state index contributed by atoms with van der Waals surface area (Å²) in [5.41, 5.74) is -1.25. The quantitative estimate of drug-likeness (QED) is 0.808. The number of rotatable bonds is 5. The molecule has 0 spiro atoms. The van der Waals surface area contributed by atoms with E-state index in [0.29, 0.717) is 12.7 Å². The zero-order valence-electron chi connectivity index (χ0n) is 9.67. The highest BCUT2D eigenvalue weighted by Gasteiger charge is 2.21. The highest BCUT2D eigenvalue weighted by molar-refractivity contribution is 5.75. The number of halogens is 2. The van der Waals surface area contributed by atoms with Crippen LogP contribution in [0.2, 0.25) is 0 Å². The molecular weight excluding hydrogens is 230 g/mol. The summed E-state index contributed by atoms with van der Waals surface area (Å²) in [6, 6.07) is 1.76. The molecule has 1 N–H and O–H groups in total. The Labute approximate surface area is 98.0 Å². The molecule has 0 saturated heterocycles. The molecule has 1 atom stereocenters. The van der Waals surface area contributed by atoms with Crippen molar-refractivity contribution in [1.29, 1.82) is 0 Å². The molecule has 0 fully saturated rings. The van der Waals surface area contributed by atoms with Gasteiger partial charge in [-0.3, -0.25) is 4.79 Å². The first-order valence-corrected chi connectivity index (χ1v) is 5.19. The van der Waals surface area contributed by atoms with E-state index in [-0.39, 0.29) is 12.2 Å². The number of benzene rings is 1. The van der Waals surface area contributed by atoms with Crippen molar-refractivity contribution >= 4 is 6.29 Å². The second-order valence-corrected chi connectivity index (χ2v) is 4.07. The summed E-state index contributed by atoms with van der Waals surface area (Å²) in [6.07, 6.45) is 0.737. The fourth-order valence-corrected chi connectivity index (χ4v) is 1.12. The molecule has 0 bridgehead atoms. The van der Waals surface area contributed by atoms with Gasteiger partial charge in [-0.2, -0.15) is 0 Å². The monoisotopic (exact) mass is 244 g/mol. The molecule has 17 heavy (non-hydrogen) atoms. The Balaban J connectivity index is 2.89. The number of aldehydes is 1. The van der Waals surface area contributed by atoms with E-state index in [2.05, 4.69) is 0 Å².